The molecule has 1 atom stereocenters. The maximum atomic E-state index is 13.6. The molecule has 0 saturated heterocycles. The summed E-state index contributed by atoms with van der Waals surface area (Å²) in [5.74, 6) is -0.470. The molecule has 2 aromatic carbocycles. The van der Waals surface area contributed by atoms with Gasteiger partial charge < -0.3 is 5.32 Å². The summed E-state index contributed by atoms with van der Waals surface area (Å²) in [6, 6.07) is 8.44. The van der Waals surface area contributed by atoms with Crippen LogP contribution in [0.1, 0.15) is 18.5 Å². The zero-order chi connectivity index (χ0) is 15.0. The fourth-order valence-corrected chi connectivity index (χ4v) is 3.62. The maximum Gasteiger partial charge on any atom is 0.142 e. The average Bonchev–Trinajstić information content (AvgIpc) is 2.91. The van der Waals surface area contributed by atoms with Crippen LogP contribution in [-0.4, -0.2) is 4.98 Å². The Balaban J connectivity index is 1.92. The van der Waals surface area contributed by atoms with E-state index in [0.717, 1.165) is 15.9 Å². The third-order valence-electron chi connectivity index (χ3n) is 3.23. The van der Waals surface area contributed by atoms with Crippen LogP contribution in [-0.2, 0) is 0 Å². The highest BCUT2D eigenvalue weighted by molar-refractivity contribution is 7.16. The molecule has 3 rings (SSSR count). The third-order valence-corrected chi connectivity index (χ3v) is 4.73. The van der Waals surface area contributed by atoms with E-state index in [2.05, 4.69) is 10.3 Å². The summed E-state index contributed by atoms with van der Waals surface area (Å²) < 4.78 is 14.7. The van der Waals surface area contributed by atoms with Crippen LogP contribution in [0.15, 0.2) is 35.8 Å². The van der Waals surface area contributed by atoms with E-state index < -0.39 is 5.82 Å². The zero-order valence-corrected chi connectivity index (χ0v) is 13.4. The van der Waals surface area contributed by atoms with Gasteiger partial charge in [0.15, 0.2) is 0 Å². The molecule has 3 aromatic rings. The van der Waals surface area contributed by atoms with Crippen molar-refractivity contribution in [3.05, 3.63) is 57.3 Å². The Hall–Kier alpha value is -1.36. The molecule has 1 aromatic heterocycles. The van der Waals surface area contributed by atoms with Gasteiger partial charge in [-0.3, -0.25) is 0 Å². The van der Waals surface area contributed by atoms with E-state index in [0.29, 0.717) is 10.6 Å². The van der Waals surface area contributed by atoms with E-state index in [1.165, 1.54) is 12.1 Å². The van der Waals surface area contributed by atoms with Crippen molar-refractivity contribution in [1.82, 2.24) is 4.98 Å². The second-order valence-corrected chi connectivity index (χ2v) is 6.33. The molecule has 0 spiro atoms. The van der Waals surface area contributed by atoms with Crippen molar-refractivity contribution >= 4 is 50.4 Å². The number of thiazole rings is 1. The fraction of sp³-hybridized carbons (Fsp3) is 0.133. The lowest BCUT2D eigenvalue weighted by Gasteiger charge is -2.18. The van der Waals surface area contributed by atoms with Gasteiger partial charge in [-0.05, 0) is 37.3 Å². The highest BCUT2D eigenvalue weighted by Crippen LogP contribution is 2.34. The molecule has 0 amide bonds. The SMILES string of the molecule is CC(Nc1ccc2ncsc2c1)c1c(Cl)ccc(F)c1Cl. The molecule has 0 bridgehead atoms. The van der Waals surface area contributed by atoms with Crippen LogP contribution < -0.4 is 5.32 Å². The molecule has 0 radical (unpaired) electrons. The summed E-state index contributed by atoms with van der Waals surface area (Å²) >= 11 is 13.7. The predicted octanol–water partition coefficient (Wildman–Crippen LogP) is 5.92. The molecule has 6 heteroatoms. The molecular weight excluding hydrogens is 330 g/mol. The molecule has 0 aliphatic carbocycles. The van der Waals surface area contributed by atoms with Gasteiger partial charge in [0.05, 0.1) is 26.8 Å². The first-order valence-corrected chi connectivity index (χ1v) is 7.93. The van der Waals surface area contributed by atoms with Crippen molar-refractivity contribution in [2.75, 3.05) is 5.32 Å². The number of aromatic nitrogens is 1. The number of hydrogen-bond donors (Lipinski definition) is 1. The molecule has 1 N–H and O–H groups in total. The van der Waals surface area contributed by atoms with Crippen molar-refractivity contribution in [2.24, 2.45) is 0 Å². The molecule has 1 unspecified atom stereocenters. The molecule has 2 nitrogen and oxygen atoms in total. The molecule has 108 valence electrons. The molecule has 0 aliphatic rings. The van der Waals surface area contributed by atoms with Gasteiger partial charge in [-0.2, -0.15) is 0 Å². The quantitative estimate of drug-likeness (QED) is 0.599. The van der Waals surface area contributed by atoms with Gasteiger partial charge in [0.1, 0.15) is 5.82 Å². The lowest BCUT2D eigenvalue weighted by atomic mass is 10.1. The number of rotatable bonds is 3. The van der Waals surface area contributed by atoms with Crippen LogP contribution in [0.5, 0.6) is 0 Å². The summed E-state index contributed by atoms with van der Waals surface area (Å²) in [5, 5.41) is 3.79. The lowest BCUT2D eigenvalue weighted by Crippen LogP contribution is -2.08. The van der Waals surface area contributed by atoms with Gasteiger partial charge in [-0.25, -0.2) is 9.37 Å². The fourth-order valence-electron chi connectivity index (χ4n) is 2.21. The summed E-state index contributed by atoms with van der Waals surface area (Å²) in [6.45, 7) is 1.89. The Morgan fingerprint density at radius 2 is 2.05 bits per heavy atom. The minimum absolute atomic E-state index is 0.0568. The third kappa shape index (κ3) is 2.84. The smallest absolute Gasteiger partial charge is 0.142 e. The van der Waals surface area contributed by atoms with Crippen LogP contribution in [0.3, 0.4) is 0 Å². The van der Waals surface area contributed by atoms with Crippen molar-refractivity contribution in [2.45, 2.75) is 13.0 Å². The molecular formula is C15H11Cl2FN2S. The molecule has 21 heavy (non-hydrogen) atoms. The molecule has 0 saturated carbocycles. The minimum Gasteiger partial charge on any atom is -0.378 e. The highest BCUT2D eigenvalue weighted by atomic mass is 35.5. The van der Waals surface area contributed by atoms with Crippen molar-refractivity contribution in [3.8, 4) is 0 Å². The van der Waals surface area contributed by atoms with E-state index in [9.17, 15) is 4.39 Å². The number of anilines is 1. The predicted molar refractivity (Wildman–Crippen MR) is 88.1 cm³/mol. The van der Waals surface area contributed by atoms with E-state index in [1.807, 2.05) is 25.1 Å². The standard InChI is InChI=1S/C15H11Cl2FN2S/c1-8(14-10(16)3-4-11(18)15(14)17)20-9-2-5-12-13(6-9)21-7-19-12/h2-8,20H,1H3. The second-order valence-electron chi connectivity index (χ2n) is 4.66. The van der Waals surface area contributed by atoms with Gasteiger partial charge in [0.2, 0.25) is 0 Å². The van der Waals surface area contributed by atoms with E-state index in [-0.39, 0.29) is 11.1 Å². The Labute approximate surface area is 135 Å². The molecule has 0 aliphatic heterocycles. The number of halogens is 3. The lowest BCUT2D eigenvalue weighted by molar-refractivity contribution is 0.624. The minimum atomic E-state index is -0.470. The first-order valence-electron chi connectivity index (χ1n) is 6.29. The number of hydrogen-bond acceptors (Lipinski definition) is 3. The number of nitrogens with zero attached hydrogens (tertiary/aromatic N) is 1. The van der Waals surface area contributed by atoms with Crippen molar-refractivity contribution in [3.63, 3.8) is 0 Å². The Morgan fingerprint density at radius 1 is 1.24 bits per heavy atom. The van der Waals surface area contributed by atoms with Gasteiger partial charge in [0.25, 0.3) is 0 Å². The van der Waals surface area contributed by atoms with Gasteiger partial charge in [0, 0.05) is 16.3 Å². The van der Waals surface area contributed by atoms with E-state index >= 15 is 0 Å². The van der Waals surface area contributed by atoms with Gasteiger partial charge in [-0.15, -0.1) is 11.3 Å². The number of benzene rings is 2. The van der Waals surface area contributed by atoms with Crippen LogP contribution in [0, 0.1) is 5.82 Å². The normalized spacial score (nSPS) is 12.6. The average molecular weight is 341 g/mol. The Morgan fingerprint density at radius 3 is 2.86 bits per heavy atom. The van der Waals surface area contributed by atoms with Gasteiger partial charge >= 0.3 is 0 Å². The van der Waals surface area contributed by atoms with Gasteiger partial charge in [-0.1, -0.05) is 23.2 Å². The highest BCUT2D eigenvalue weighted by Gasteiger charge is 2.17. The largest absolute Gasteiger partial charge is 0.378 e. The van der Waals surface area contributed by atoms with Crippen LogP contribution in [0.2, 0.25) is 10.0 Å². The van der Waals surface area contributed by atoms with Crippen LogP contribution in [0.25, 0.3) is 10.2 Å². The summed E-state index contributed by atoms with van der Waals surface area (Å²) in [6.07, 6.45) is 0. The van der Waals surface area contributed by atoms with E-state index in [1.54, 1.807) is 16.8 Å². The van der Waals surface area contributed by atoms with Crippen molar-refractivity contribution < 1.29 is 4.39 Å². The van der Waals surface area contributed by atoms with Crippen molar-refractivity contribution in [1.29, 1.82) is 0 Å². The molecule has 0 fully saturated rings. The number of nitrogens with one attached hydrogen (secondary N) is 1. The zero-order valence-electron chi connectivity index (χ0n) is 11.0. The monoisotopic (exact) mass is 340 g/mol. The van der Waals surface area contributed by atoms with E-state index in [4.69, 9.17) is 23.2 Å². The van der Waals surface area contributed by atoms with Crippen LogP contribution >= 0.6 is 34.5 Å². The maximum absolute atomic E-state index is 13.6. The topological polar surface area (TPSA) is 24.9 Å². The first-order chi connectivity index (χ1) is 10.1. The Kier molecular flexibility index (Phi) is 4.02. The Bertz CT molecular complexity index is 803. The van der Waals surface area contributed by atoms with Crippen LogP contribution in [0.4, 0.5) is 10.1 Å². The summed E-state index contributed by atoms with van der Waals surface area (Å²) in [7, 11) is 0. The summed E-state index contributed by atoms with van der Waals surface area (Å²) in [4.78, 5) is 4.24. The summed E-state index contributed by atoms with van der Waals surface area (Å²) in [5.41, 5.74) is 4.23. The second kappa shape index (κ2) is 5.79. The molecule has 1 heterocycles. The number of fused-ring (bicyclic) bond motifs is 1. The first kappa shape index (κ1) is 14.6.